The van der Waals surface area contributed by atoms with Gasteiger partial charge in [0.05, 0.1) is 12.3 Å². The van der Waals surface area contributed by atoms with Crippen LogP contribution in [0, 0.1) is 3.57 Å². The number of ether oxygens (including phenoxy) is 1. The van der Waals surface area contributed by atoms with Crippen molar-refractivity contribution in [1.29, 1.82) is 0 Å². The molecule has 19 heavy (non-hydrogen) atoms. The number of benzene rings is 1. The van der Waals surface area contributed by atoms with Crippen LogP contribution in [-0.4, -0.2) is 23.7 Å². The van der Waals surface area contributed by atoms with Gasteiger partial charge in [0.1, 0.15) is 9.39 Å². The molecular formula is C14H15IN2O2. The van der Waals surface area contributed by atoms with Crippen LogP contribution in [0.1, 0.15) is 18.7 Å². The summed E-state index contributed by atoms with van der Waals surface area (Å²) in [5.41, 5.74) is 1.57. The number of nitrogens with zero attached hydrogens (tertiary/aromatic N) is 1. The first-order valence-corrected chi connectivity index (χ1v) is 7.05. The molecule has 1 atom stereocenters. The van der Waals surface area contributed by atoms with E-state index in [1.54, 1.807) is 7.11 Å². The van der Waals surface area contributed by atoms with E-state index >= 15 is 0 Å². The van der Waals surface area contributed by atoms with E-state index in [9.17, 15) is 4.79 Å². The number of nitrogens with one attached hydrogen (secondary N) is 1. The number of methoxy groups -OCH3 is 1. The van der Waals surface area contributed by atoms with Crippen LogP contribution in [0.5, 0.6) is 0 Å². The molecule has 0 radical (unpaired) electrons. The number of halogens is 1. The van der Waals surface area contributed by atoms with Gasteiger partial charge in [0.15, 0.2) is 0 Å². The second-order valence-electron chi connectivity index (χ2n) is 4.34. The number of rotatable bonds is 4. The van der Waals surface area contributed by atoms with Crippen molar-refractivity contribution in [2.45, 2.75) is 12.8 Å². The van der Waals surface area contributed by atoms with Crippen molar-refractivity contribution in [3.05, 3.63) is 50.1 Å². The average Bonchev–Trinajstić information content (AvgIpc) is 2.43. The molecule has 1 aromatic heterocycles. The molecule has 4 nitrogen and oxygen atoms in total. The van der Waals surface area contributed by atoms with Crippen molar-refractivity contribution in [3.8, 4) is 11.3 Å². The molecule has 100 valence electrons. The molecule has 5 heteroatoms. The Hall–Kier alpha value is -1.21. The van der Waals surface area contributed by atoms with Crippen LogP contribution in [-0.2, 0) is 4.74 Å². The minimum Gasteiger partial charge on any atom is -0.384 e. The summed E-state index contributed by atoms with van der Waals surface area (Å²) < 4.78 is 5.72. The summed E-state index contributed by atoms with van der Waals surface area (Å²) in [6, 6.07) is 9.72. The van der Waals surface area contributed by atoms with Gasteiger partial charge in [-0.05, 0) is 22.6 Å². The maximum Gasteiger partial charge on any atom is 0.264 e. The molecule has 0 bridgehead atoms. The molecule has 2 aromatic rings. The fourth-order valence-electron chi connectivity index (χ4n) is 1.83. The zero-order valence-electron chi connectivity index (χ0n) is 10.8. The van der Waals surface area contributed by atoms with Crippen molar-refractivity contribution in [2.75, 3.05) is 13.7 Å². The maximum absolute atomic E-state index is 12.0. The lowest BCUT2D eigenvalue weighted by Crippen LogP contribution is -2.19. The van der Waals surface area contributed by atoms with E-state index in [0.29, 0.717) is 16.0 Å². The Morgan fingerprint density at radius 3 is 2.68 bits per heavy atom. The Kier molecular flexibility index (Phi) is 4.71. The summed E-state index contributed by atoms with van der Waals surface area (Å²) in [5, 5.41) is 0. The topological polar surface area (TPSA) is 55.0 Å². The zero-order chi connectivity index (χ0) is 13.8. The van der Waals surface area contributed by atoms with Crippen molar-refractivity contribution in [2.24, 2.45) is 0 Å². The third kappa shape index (κ3) is 3.22. The predicted octanol–water partition coefficient (Wildman–Crippen LogP) is 2.79. The van der Waals surface area contributed by atoms with Gasteiger partial charge in [-0.2, -0.15) is 0 Å². The maximum atomic E-state index is 12.0. The van der Waals surface area contributed by atoms with E-state index in [2.05, 4.69) is 9.97 Å². The highest BCUT2D eigenvalue weighted by molar-refractivity contribution is 14.1. The monoisotopic (exact) mass is 370 g/mol. The first kappa shape index (κ1) is 14.2. The highest BCUT2D eigenvalue weighted by Gasteiger charge is 2.14. The predicted molar refractivity (Wildman–Crippen MR) is 83.3 cm³/mol. The number of aromatic amines is 1. The highest BCUT2D eigenvalue weighted by Crippen LogP contribution is 2.22. The molecule has 1 N–H and O–H groups in total. The molecular weight excluding hydrogens is 355 g/mol. The van der Waals surface area contributed by atoms with Gasteiger partial charge in [-0.25, -0.2) is 4.98 Å². The molecule has 0 amide bonds. The van der Waals surface area contributed by atoms with Gasteiger partial charge in [-0.15, -0.1) is 0 Å². The first-order chi connectivity index (χ1) is 9.13. The lowest BCUT2D eigenvalue weighted by atomic mass is 10.1. The lowest BCUT2D eigenvalue weighted by Gasteiger charge is -2.12. The van der Waals surface area contributed by atoms with Gasteiger partial charge < -0.3 is 9.72 Å². The molecule has 1 heterocycles. The van der Waals surface area contributed by atoms with Crippen LogP contribution < -0.4 is 5.56 Å². The van der Waals surface area contributed by atoms with Crippen LogP contribution in [0.2, 0.25) is 0 Å². The molecule has 0 aliphatic carbocycles. The smallest absolute Gasteiger partial charge is 0.264 e. The Morgan fingerprint density at radius 2 is 2.05 bits per heavy atom. The van der Waals surface area contributed by atoms with E-state index in [1.165, 1.54) is 0 Å². The lowest BCUT2D eigenvalue weighted by molar-refractivity contribution is 0.181. The van der Waals surface area contributed by atoms with E-state index in [0.717, 1.165) is 11.3 Å². The number of hydrogen-bond acceptors (Lipinski definition) is 3. The van der Waals surface area contributed by atoms with Gasteiger partial charge in [-0.1, -0.05) is 37.3 Å². The van der Waals surface area contributed by atoms with Gasteiger partial charge >= 0.3 is 0 Å². The van der Waals surface area contributed by atoms with Crippen LogP contribution in [0.4, 0.5) is 0 Å². The Bertz CT molecular complexity index is 611. The number of H-pyrrole nitrogens is 1. The Labute approximate surface area is 125 Å². The number of hydrogen-bond donors (Lipinski definition) is 1. The SMILES string of the molecule is COCC(C)c1nc(-c2ccccc2)c(I)c(=O)[nH]1. The zero-order valence-corrected chi connectivity index (χ0v) is 13.0. The van der Waals surface area contributed by atoms with Crippen LogP contribution in [0.3, 0.4) is 0 Å². The van der Waals surface area contributed by atoms with Crippen LogP contribution in [0.15, 0.2) is 35.1 Å². The van der Waals surface area contributed by atoms with Gasteiger partial charge in [0.2, 0.25) is 0 Å². The van der Waals surface area contributed by atoms with E-state index in [1.807, 2.05) is 59.8 Å². The minimum atomic E-state index is -0.104. The molecule has 0 spiro atoms. The molecule has 0 aliphatic heterocycles. The molecule has 1 aromatic carbocycles. The minimum absolute atomic E-state index is 0.0529. The average molecular weight is 370 g/mol. The summed E-state index contributed by atoms with van der Waals surface area (Å²) in [6.45, 7) is 2.50. The van der Waals surface area contributed by atoms with Gasteiger partial charge in [-0.3, -0.25) is 4.79 Å². The third-order valence-electron chi connectivity index (χ3n) is 2.81. The summed E-state index contributed by atoms with van der Waals surface area (Å²) >= 11 is 2.03. The van der Waals surface area contributed by atoms with Crippen molar-refractivity contribution >= 4 is 22.6 Å². The standard InChI is InChI=1S/C14H15IN2O2/c1-9(8-19-2)13-16-12(11(15)14(18)17-13)10-6-4-3-5-7-10/h3-7,9H,8H2,1-2H3,(H,16,17,18). The molecule has 0 saturated heterocycles. The fourth-order valence-corrected chi connectivity index (χ4v) is 2.39. The fraction of sp³-hybridized carbons (Fsp3) is 0.286. The van der Waals surface area contributed by atoms with Gasteiger partial charge in [0.25, 0.3) is 5.56 Å². The van der Waals surface area contributed by atoms with E-state index in [4.69, 9.17) is 4.74 Å². The Morgan fingerprint density at radius 1 is 1.37 bits per heavy atom. The second kappa shape index (κ2) is 6.29. The van der Waals surface area contributed by atoms with Crippen LogP contribution in [0.25, 0.3) is 11.3 Å². The number of aromatic nitrogens is 2. The molecule has 2 rings (SSSR count). The molecule has 1 unspecified atom stereocenters. The van der Waals surface area contributed by atoms with Crippen molar-refractivity contribution in [3.63, 3.8) is 0 Å². The summed E-state index contributed by atoms with van der Waals surface area (Å²) in [4.78, 5) is 19.4. The van der Waals surface area contributed by atoms with Gasteiger partial charge in [0, 0.05) is 18.6 Å². The second-order valence-corrected chi connectivity index (χ2v) is 5.41. The van der Waals surface area contributed by atoms with E-state index in [-0.39, 0.29) is 11.5 Å². The van der Waals surface area contributed by atoms with Crippen molar-refractivity contribution in [1.82, 2.24) is 9.97 Å². The summed E-state index contributed by atoms with van der Waals surface area (Å²) in [7, 11) is 1.64. The highest BCUT2D eigenvalue weighted by atomic mass is 127. The molecule has 0 fully saturated rings. The van der Waals surface area contributed by atoms with E-state index < -0.39 is 0 Å². The van der Waals surface area contributed by atoms with Crippen molar-refractivity contribution < 1.29 is 4.74 Å². The normalized spacial score (nSPS) is 12.4. The largest absolute Gasteiger partial charge is 0.384 e. The third-order valence-corrected chi connectivity index (χ3v) is 3.81. The quantitative estimate of drug-likeness (QED) is 0.843. The molecule has 0 aliphatic rings. The first-order valence-electron chi connectivity index (χ1n) is 5.97. The summed E-state index contributed by atoms with van der Waals surface area (Å²) in [5.74, 6) is 0.711. The Balaban J connectivity index is 2.52. The van der Waals surface area contributed by atoms with Crippen LogP contribution >= 0.6 is 22.6 Å². The molecule has 0 saturated carbocycles. The summed E-state index contributed by atoms with van der Waals surface area (Å²) in [6.07, 6.45) is 0.